The van der Waals surface area contributed by atoms with Crippen molar-refractivity contribution in [3.05, 3.63) is 107 Å². The molecule has 0 spiro atoms. The second-order valence-electron chi connectivity index (χ2n) is 7.13. The highest BCUT2D eigenvalue weighted by Crippen LogP contribution is 2.26. The number of rotatable bonds is 4. The van der Waals surface area contributed by atoms with Gasteiger partial charge in [0.2, 0.25) is 5.82 Å². The molecule has 5 aromatic rings. The normalized spacial score (nSPS) is 10.9. The van der Waals surface area contributed by atoms with Gasteiger partial charge in [-0.25, -0.2) is 9.67 Å². The van der Waals surface area contributed by atoms with E-state index in [0.29, 0.717) is 21.6 Å². The molecule has 5 rings (SSSR count). The van der Waals surface area contributed by atoms with Crippen LogP contribution in [0, 0.1) is 0 Å². The van der Waals surface area contributed by atoms with Gasteiger partial charge in [-0.05, 0) is 60.0 Å². The molecule has 1 heterocycles. The smallest absolute Gasteiger partial charge is 0.295 e. The number of hydrogen-bond donors (Lipinski definition) is 1. The summed E-state index contributed by atoms with van der Waals surface area (Å²) < 4.78 is 1.62. The van der Waals surface area contributed by atoms with E-state index in [9.17, 15) is 4.79 Å². The lowest BCUT2D eigenvalue weighted by Gasteiger charge is -2.07. The Morgan fingerprint density at radius 2 is 1.44 bits per heavy atom. The van der Waals surface area contributed by atoms with Crippen LogP contribution in [0.25, 0.3) is 27.8 Å². The molecule has 1 amide bonds. The molecule has 156 valence electrons. The molecule has 32 heavy (non-hydrogen) atoms. The van der Waals surface area contributed by atoms with Crippen LogP contribution in [0.1, 0.15) is 10.6 Å². The van der Waals surface area contributed by atoms with Crippen molar-refractivity contribution in [2.24, 2.45) is 0 Å². The average Bonchev–Trinajstić information content (AvgIpc) is 3.26. The van der Waals surface area contributed by atoms with Crippen molar-refractivity contribution in [2.45, 2.75) is 0 Å². The Kier molecular flexibility index (Phi) is 5.35. The number of nitrogens with one attached hydrogen (secondary N) is 1. The first-order valence-corrected chi connectivity index (χ1v) is 10.6. The molecule has 7 heteroatoms. The fourth-order valence-corrected chi connectivity index (χ4v) is 3.72. The van der Waals surface area contributed by atoms with Crippen LogP contribution < -0.4 is 5.32 Å². The quantitative estimate of drug-likeness (QED) is 0.328. The average molecular weight is 459 g/mol. The zero-order chi connectivity index (χ0) is 22.1. The summed E-state index contributed by atoms with van der Waals surface area (Å²) in [5.74, 6) is 0.175. The minimum absolute atomic E-state index is 0.0536. The van der Waals surface area contributed by atoms with Gasteiger partial charge in [0.25, 0.3) is 5.91 Å². The van der Waals surface area contributed by atoms with E-state index < -0.39 is 5.91 Å². The van der Waals surface area contributed by atoms with E-state index in [1.807, 2.05) is 66.7 Å². The number of aromatic nitrogens is 3. The van der Waals surface area contributed by atoms with Crippen LogP contribution in [0.2, 0.25) is 10.0 Å². The number of hydrogen-bond acceptors (Lipinski definition) is 3. The monoisotopic (exact) mass is 458 g/mol. The first-order chi connectivity index (χ1) is 15.6. The Hall–Kier alpha value is -3.67. The maximum Gasteiger partial charge on any atom is 0.295 e. The predicted octanol–water partition coefficient (Wildman–Crippen LogP) is 6.65. The van der Waals surface area contributed by atoms with Gasteiger partial charge >= 0.3 is 0 Å². The SMILES string of the molecule is O=C(Nc1cccc2ccccc12)c1nc(-c2ccc(Cl)cc2)n(-c2ccc(Cl)cc2)n1. The number of fused-ring (bicyclic) bond motifs is 1. The first kappa shape index (κ1) is 20.2. The van der Waals surface area contributed by atoms with Gasteiger partial charge in [-0.15, -0.1) is 5.10 Å². The van der Waals surface area contributed by atoms with Crippen molar-refractivity contribution in [1.82, 2.24) is 14.8 Å². The van der Waals surface area contributed by atoms with Gasteiger partial charge in [0.15, 0.2) is 5.82 Å². The summed E-state index contributed by atoms with van der Waals surface area (Å²) in [5.41, 5.74) is 2.21. The number of anilines is 1. The van der Waals surface area contributed by atoms with Crippen LogP contribution in [0.4, 0.5) is 5.69 Å². The maximum atomic E-state index is 13.1. The molecule has 0 saturated carbocycles. The minimum atomic E-state index is -0.399. The minimum Gasteiger partial charge on any atom is -0.319 e. The molecule has 0 atom stereocenters. The third kappa shape index (κ3) is 3.96. The van der Waals surface area contributed by atoms with Gasteiger partial charge in [0.05, 0.1) is 5.69 Å². The summed E-state index contributed by atoms with van der Waals surface area (Å²) >= 11 is 12.1. The predicted molar refractivity (Wildman–Crippen MR) is 129 cm³/mol. The van der Waals surface area contributed by atoms with Gasteiger partial charge in [-0.2, -0.15) is 0 Å². The summed E-state index contributed by atoms with van der Waals surface area (Å²) in [5, 5.41) is 10.6. The molecule has 0 saturated heterocycles. The van der Waals surface area contributed by atoms with Gasteiger partial charge in [0, 0.05) is 26.7 Å². The number of carbonyl (C=O) groups excluding carboxylic acids is 1. The van der Waals surface area contributed by atoms with Crippen LogP contribution in [-0.2, 0) is 0 Å². The Balaban J connectivity index is 1.56. The number of halogens is 2. The van der Waals surface area contributed by atoms with Gasteiger partial charge < -0.3 is 5.32 Å². The molecule has 0 aliphatic carbocycles. The van der Waals surface area contributed by atoms with Gasteiger partial charge in [-0.3, -0.25) is 4.79 Å². The van der Waals surface area contributed by atoms with E-state index in [1.54, 1.807) is 28.9 Å². The molecular weight excluding hydrogens is 443 g/mol. The zero-order valence-corrected chi connectivity index (χ0v) is 18.2. The Morgan fingerprint density at radius 3 is 2.19 bits per heavy atom. The van der Waals surface area contributed by atoms with Crippen LogP contribution in [0.15, 0.2) is 91.0 Å². The molecule has 0 aliphatic rings. The van der Waals surface area contributed by atoms with Gasteiger partial charge in [0.1, 0.15) is 0 Å². The van der Waals surface area contributed by atoms with Crippen molar-refractivity contribution in [3.63, 3.8) is 0 Å². The van der Waals surface area contributed by atoms with Crippen molar-refractivity contribution in [1.29, 1.82) is 0 Å². The lowest BCUT2D eigenvalue weighted by atomic mass is 10.1. The molecule has 1 aromatic heterocycles. The molecule has 1 N–H and O–H groups in total. The third-order valence-corrected chi connectivity index (χ3v) is 5.53. The lowest BCUT2D eigenvalue weighted by molar-refractivity contribution is 0.101. The molecule has 0 fully saturated rings. The van der Waals surface area contributed by atoms with Crippen LogP contribution in [0.5, 0.6) is 0 Å². The van der Waals surface area contributed by atoms with Crippen LogP contribution in [0.3, 0.4) is 0 Å². The fraction of sp³-hybridized carbons (Fsp3) is 0. The van der Waals surface area contributed by atoms with E-state index in [0.717, 1.165) is 22.0 Å². The zero-order valence-electron chi connectivity index (χ0n) is 16.7. The molecule has 4 aromatic carbocycles. The number of amides is 1. The van der Waals surface area contributed by atoms with Crippen molar-refractivity contribution >= 4 is 45.6 Å². The molecule has 0 unspecified atom stereocenters. The number of nitrogens with zero attached hydrogens (tertiary/aromatic N) is 3. The summed E-state index contributed by atoms with van der Waals surface area (Å²) in [4.78, 5) is 17.7. The second kappa shape index (κ2) is 8.46. The largest absolute Gasteiger partial charge is 0.319 e. The fourth-order valence-electron chi connectivity index (χ4n) is 3.47. The topological polar surface area (TPSA) is 59.8 Å². The summed E-state index contributed by atoms with van der Waals surface area (Å²) in [7, 11) is 0. The Labute approximate surface area is 194 Å². The summed E-state index contributed by atoms with van der Waals surface area (Å²) in [6, 6.07) is 28.0. The molecule has 0 radical (unpaired) electrons. The third-order valence-electron chi connectivity index (χ3n) is 5.02. The summed E-state index contributed by atoms with van der Waals surface area (Å²) in [6.07, 6.45) is 0. The number of carbonyl (C=O) groups is 1. The summed E-state index contributed by atoms with van der Waals surface area (Å²) in [6.45, 7) is 0. The van der Waals surface area contributed by atoms with E-state index in [2.05, 4.69) is 15.4 Å². The highest BCUT2D eigenvalue weighted by Gasteiger charge is 2.19. The van der Waals surface area contributed by atoms with Crippen molar-refractivity contribution < 1.29 is 4.79 Å². The first-order valence-electron chi connectivity index (χ1n) is 9.86. The van der Waals surface area contributed by atoms with E-state index >= 15 is 0 Å². The Bertz CT molecular complexity index is 1360. The van der Waals surface area contributed by atoms with Crippen molar-refractivity contribution in [3.8, 4) is 17.1 Å². The maximum absolute atomic E-state index is 13.1. The molecule has 0 bridgehead atoms. The van der Waals surface area contributed by atoms with Crippen LogP contribution in [-0.4, -0.2) is 20.7 Å². The molecule has 5 nitrogen and oxygen atoms in total. The highest BCUT2D eigenvalue weighted by atomic mass is 35.5. The van der Waals surface area contributed by atoms with E-state index in [-0.39, 0.29) is 5.82 Å². The second-order valence-corrected chi connectivity index (χ2v) is 8.01. The van der Waals surface area contributed by atoms with E-state index in [1.165, 1.54) is 0 Å². The van der Waals surface area contributed by atoms with Crippen LogP contribution >= 0.6 is 23.2 Å². The standard InChI is InChI=1S/C25H16Cl2N4O/c26-18-10-8-17(9-11-18)24-29-23(30-31(24)20-14-12-19(27)13-15-20)25(32)28-22-7-3-5-16-4-1-2-6-21(16)22/h1-15H,(H,28,32). The molecule has 0 aliphatic heterocycles. The van der Waals surface area contributed by atoms with E-state index in [4.69, 9.17) is 23.2 Å². The highest BCUT2D eigenvalue weighted by molar-refractivity contribution is 6.30. The van der Waals surface area contributed by atoms with Gasteiger partial charge in [-0.1, -0.05) is 59.6 Å². The van der Waals surface area contributed by atoms with Crippen molar-refractivity contribution in [2.75, 3.05) is 5.32 Å². The molecular formula is C25H16Cl2N4O. The lowest BCUT2D eigenvalue weighted by Crippen LogP contribution is -2.14. The number of benzene rings is 4. The Morgan fingerprint density at radius 1 is 0.781 bits per heavy atom.